The summed E-state index contributed by atoms with van der Waals surface area (Å²) < 4.78 is 7.37. The quantitative estimate of drug-likeness (QED) is 0.355. The highest BCUT2D eigenvalue weighted by molar-refractivity contribution is 7.14. The molecule has 0 radical (unpaired) electrons. The first-order valence-electron chi connectivity index (χ1n) is 9.79. The highest BCUT2D eigenvalue weighted by atomic mass is 32.1. The predicted octanol–water partition coefficient (Wildman–Crippen LogP) is 3.41. The molecule has 0 bridgehead atoms. The number of nitrogens with one attached hydrogen (secondary N) is 2. The topological polar surface area (TPSA) is 139 Å². The SMILES string of the molecule is COCC(C)n1c(C)cc(/C=C(/C#N)C(=O)Nc2nc(-c3c[nH]c(C(N)=O)c3)cs2)c1C. The summed E-state index contributed by atoms with van der Waals surface area (Å²) in [5, 5.41) is 14.3. The highest BCUT2D eigenvalue weighted by Gasteiger charge is 2.17. The van der Waals surface area contributed by atoms with Crippen LogP contribution in [0.1, 0.15) is 40.4 Å². The number of carbonyl (C=O) groups is 2. The highest BCUT2D eigenvalue weighted by Crippen LogP contribution is 2.26. The fraction of sp³-hybridized carbons (Fsp3) is 0.273. The van der Waals surface area contributed by atoms with Gasteiger partial charge in [0.15, 0.2) is 5.13 Å². The van der Waals surface area contributed by atoms with Crippen LogP contribution in [0.5, 0.6) is 0 Å². The number of ether oxygens (including phenoxy) is 1. The number of methoxy groups -OCH3 is 1. The van der Waals surface area contributed by atoms with Gasteiger partial charge in [-0.15, -0.1) is 11.3 Å². The summed E-state index contributed by atoms with van der Waals surface area (Å²) in [6.45, 7) is 6.53. The molecular weight excluding hydrogens is 428 g/mol. The van der Waals surface area contributed by atoms with Gasteiger partial charge in [-0.1, -0.05) is 0 Å². The van der Waals surface area contributed by atoms with Crippen LogP contribution in [0.15, 0.2) is 29.3 Å². The van der Waals surface area contributed by atoms with Gasteiger partial charge in [0.05, 0.1) is 18.3 Å². The van der Waals surface area contributed by atoms with Gasteiger partial charge in [0.25, 0.3) is 11.8 Å². The lowest BCUT2D eigenvalue weighted by molar-refractivity contribution is -0.112. The van der Waals surface area contributed by atoms with Gasteiger partial charge in [-0.25, -0.2) is 4.98 Å². The fourth-order valence-electron chi connectivity index (χ4n) is 3.56. The molecule has 0 saturated carbocycles. The second-order valence-electron chi connectivity index (χ2n) is 7.33. The van der Waals surface area contributed by atoms with Crippen LogP contribution in [0.4, 0.5) is 5.13 Å². The van der Waals surface area contributed by atoms with Crippen molar-refractivity contribution >= 4 is 34.4 Å². The molecule has 0 aliphatic heterocycles. The average Bonchev–Trinajstić information content (AvgIpc) is 3.45. The van der Waals surface area contributed by atoms with Gasteiger partial charge in [0.2, 0.25) is 0 Å². The molecular formula is C22H24N6O3S. The number of nitrogens with zero attached hydrogens (tertiary/aromatic N) is 3. The van der Waals surface area contributed by atoms with Crippen LogP contribution in [0.25, 0.3) is 17.3 Å². The second kappa shape index (κ2) is 9.64. The van der Waals surface area contributed by atoms with Crippen molar-refractivity contribution in [3.8, 4) is 17.3 Å². The number of amides is 2. The lowest BCUT2D eigenvalue weighted by Gasteiger charge is -2.17. The van der Waals surface area contributed by atoms with Crippen LogP contribution in [0, 0.1) is 25.2 Å². The molecule has 3 aromatic heterocycles. The third-order valence-corrected chi connectivity index (χ3v) is 5.76. The Morgan fingerprint density at radius 3 is 2.81 bits per heavy atom. The van der Waals surface area contributed by atoms with E-state index in [1.54, 1.807) is 30.8 Å². The maximum Gasteiger partial charge on any atom is 0.268 e. The van der Waals surface area contributed by atoms with Crippen LogP contribution in [0.2, 0.25) is 0 Å². The van der Waals surface area contributed by atoms with Crippen LogP contribution < -0.4 is 11.1 Å². The Hall–Kier alpha value is -3.68. The zero-order valence-corrected chi connectivity index (χ0v) is 19.0. The van der Waals surface area contributed by atoms with Gasteiger partial charge in [0, 0.05) is 35.6 Å². The van der Waals surface area contributed by atoms with Crippen molar-refractivity contribution in [1.29, 1.82) is 5.26 Å². The summed E-state index contributed by atoms with van der Waals surface area (Å²) in [5.41, 5.74) is 9.50. The standard InChI is InChI=1S/C22H24N6O3S/c1-12-5-15(14(3)28(12)13(2)10-31-4)6-16(8-23)21(30)27-22-26-19(11-32-22)17-7-18(20(24)29)25-9-17/h5-7,9,11,13,25H,10H2,1-4H3,(H2,24,29)(H,26,27,30)/b16-6-. The minimum Gasteiger partial charge on any atom is -0.383 e. The van der Waals surface area contributed by atoms with Gasteiger partial charge in [-0.2, -0.15) is 5.26 Å². The van der Waals surface area contributed by atoms with Crippen molar-refractivity contribution in [3.05, 3.63) is 51.9 Å². The molecule has 0 aromatic carbocycles. The van der Waals surface area contributed by atoms with E-state index in [4.69, 9.17) is 10.5 Å². The number of aromatic nitrogens is 3. The number of rotatable bonds is 8. The first kappa shape index (κ1) is 23.0. The zero-order chi connectivity index (χ0) is 23.4. The van der Waals surface area contributed by atoms with E-state index in [-0.39, 0.29) is 17.3 Å². The Balaban J connectivity index is 1.79. The number of anilines is 1. The van der Waals surface area contributed by atoms with Crippen LogP contribution in [-0.4, -0.2) is 40.1 Å². The summed E-state index contributed by atoms with van der Waals surface area (Å²) in [6.07, 6.45) is 3.19. The van der Waals surface area contributed by atoms with E-state index in [1.165, 1.54) is 11.3 Å². The number of primary amides is 1. The average molecular weight is 453 g/mol. The van der Waals surface area contributed by atoms with Crippen molar-refractivity contribution in [3.63, 3.8) is 0 Å². The molecule has 0 spiro atoms. The lowest BCUT2D eigenvalue weighted by atomic mass is 10.1. The van der Waals surface area contributed by atoms with Crippen LogP contribution >= 0.6 is 11.3 Å². The monoisotopic (exact) mass is 452 g/mol. The Labute approximate surface area is 189 Å². The Kier molecular flexibility index (Phi) is 6.92. The smallest absolute Gasteiger partial charge is 0.268 e. The number of H-pyrrole nitrogens is 1. The molecule has 166 valence electrons. The minimum absolute atomic E-state index is 0.0287. The Morgan fingerprint density at radius 2 is 2.19 bits per heavy atom. The van der Waals surface area contributed by atoms with Crippen LogP contribution in [0.3, 0.4) is 0 Å². The van der Waals surface area contributed by atoms with Crippen molar-refractivity contribution < 1.29 is 14.3 Å². The summed E-state index contributed by atoms with van der Waals surface area (Å²) in [6, 6.07) is 5.62. The van der Waals surface area contributed by atoms with E-state index < -0.39 is 11.8 Å². The number of nitrogens with two attached hydrogens (primary N) is 1. The summed E-state index contributed by atoms with van der Waals surface area (Å²) in [4.78, 5) is 31.1. The number of carbonyl (C=O) groups excluding carboxylic acids is 2. The maximum absolute atomic E-state index is 12.7. The molecule has 0 aliphatic carbocycles. The molecule has 9 nitrogen and oxygen atoms in total. The summed E-state index contributed by atoms with van der Waals surface area (Å²) in [5.74, 6) is -1.12. The van der Waals surface area contributed by atoms with Gasteiger partial charge < -0.3 is 20.0 Å². The number of aromatic amines is 1. The third-order valence-electron chi connectivity index (χ3n) is 5.01. The molecule has 3 rings (SSSR count). The van der Waals surface area contributed by atoms with Gasteiger partial charge in [-0.3, -0.25) is 14.9 Å². The van der Waals surface area contributed by atoms with Crippen molar-refractivity contribution in [2.45, 2.75) is 26.8 Å². The summed E-state index contributed by atoms with van der Waals surface area (Å²) in [7, 11) is 1.65. The molecule has 4 N–H and O–H groups in total. The van der Waals surface area contributed by atoms with Gasteiger partial charge >= 0.3 is 0 Å². The largest absolute Gasteiger partial charge is 0.383 e. The molecule has 32 heavy (non-hydrogen) atoms. The lowest BCUT2D eigenvalue weighted by Crippen LogP contribution is -2.14. The van der Waals surface area contributed by atoms with E-state index in [0.29, 0.717) is 23.0 Å². The van der Waals surface area contributed by atoms with E-state index in [1.807, 2.05) is 32.9 Å². The molecule has 3 heterocycles. The van der Waals surface area contributed by atoms with Gasteiger partial charge in [-0.05, 0) is 44.5 Å². The third kappa shape index (κ3) is 4.80. The zero-order valence-electron chi connectivity index (χ0n) is 18.2. The predicted molar refractivity (Wildman–Crippen MR) is 123 cm³/mol. The summed E-state index contributed by atoms with van der Waals surface area (Å²) >= 11 is 1.22. The van der Waals surface area contributed by atoms with E-state index in [2.05, 4.69) is 19.9 Å². The Morgan fingerprint density at radius 1 is 1.44 bits per heavy atom. The molecule has 1 atom stereocenters. The van der Waals surface area contributed by atoms with Crippen molar-refractivity contribution in [1.82, 2.24) is 14.5 Å². The molecule has 1 unspecified atom stereocenters. The van der Waals surface area contributed by atoms with E-state index in [9.17, 15) is 14.9 Å². The van der Waals surface area contributed by atoms with E-state index >= 15 is 0 Å². The van der Waals surface area contributed by atoms with Crippen molar-refractivity contribution in [2.24, 2.45) is 5.73 Å². The van der Waals surface area contributed by atoms with Gasteiger partial charge in [0.1, 0.15) is 17.3 Å². The molecule has 0 saturated heterocycles. The second-order valence-corrected chi connectivity index (χ2v) is 8.19. The molecule has 2 amide bonds. The molecule has 0 fully saturated rings. The Bertz CT molecular complexity index is 1230. The van der Waals surface area contributed by atoms with Crippen molar-refractivity contribution in [2.75, 3.05) is 19.0 Å². The first-order chi connectivity index (χ1) is 15.2. The minimum atomic E-state index is -0.570. The fourth-order valence-corrected chi connectivity index (χ4v) is 4.27. The first-order valence-corrected chi connectivity index (χ1v) is 10.7. The van der Waals surface area contributed by atoms with Crippen LogP contribution in [-0.2, 0) is 9.53 Å². The molecule has 0 aliphatic rings. The number of hydrogen-bond donors (Lipinski definition) is 3. The maximum atomic E-state index is 12.7. The number of thiazole rings is 1. The normalized spacial score (nSPS) is 12.4. The molecule has 10 heteroatoms. The van der Waals surface area contributed by atoms with E-state index in [0.717, 1.165) is 17.0 Å². The number of hydrogen-bond acceptors (Lipinski definition) is 6. The number of nitriles is 1. The molecule has 3 aromatic rings. The number of aryl methyl sites for hydroxylation is 1.